The van der Waals surface area contributed by atoms with E-state index in [4.69, 9.17) is 15.6 Å². The van der Waals surface area contributed by atoms with Crippen molar-refractivity contribution in [2.45, 2.75) is 38.0 Å². The lowest BCUT2D eigenvalue weighted by molar-refractivity contribution is -0.140. The van der Waals surface area contributed by atoms with Crippen LogP contribution in [0, 0.1) is 0 Å². The minimum Gasteiger partial charge on any atom is -0.480 e. The quantitative estimate of drug-likeness (QED) is 0.879. The van der Waals surface area contributed by atoms with Crippen molar-refractivity contribution in [3.63, 3.8) is 0 Å². The van der Waals surface area contributed by atoms with E-state index in [1.165, 1.54) is 4.90 Å². The number of likely N-dealkylation sites (tertiary alicyclic amines) is 1. The summed E-state index contributed by atoms with van der Waals surface area (Å²) < 4.78 is 5.27. The van der Waals surface area contributed by atoms with Crippen molar-refractivity contribution in [2.75, 3.05) is 6.54 Å². The summed E-state index contributed by atoms with van der Waals surface area (Å²) in [5, 5.41) is 9.04. The number of carboxylic acids is 1. The molecule has 21 heavy (non-hydrogen) atoms. The number of nitrogens with two attached hydrogens (primary N) is 1. The number of piperidine rings is 1. The zero-order valence-electron chi connectivity index (χ0n) is 11.8. The molecule has 6 nitrogen and oxygen atoms in total. The third-order valence-electron chi connectivity index (χ3n) is 3.69. The Labute approximate surface area is 123 Å². The van der Waals surface area contributed by atoms with Crippen molar-refractivity contribution in [2.24, 2.45) is 5.73 Å². The van der Waals surface area contributed by atoms with Gasteiger partial charge in [0, 0.05) is 6.54 Å². The van der Waals surface area contributed by atoms with E-state index in [1.54, 1.807) is 0 Å². The van der Waals surface area contributed by atoms with Gasteiger partial charge in [0.25, 0.3) is 0 Å². The zero-order valence-corrected chi connectivity index (χ0v) is 11.8. The summed E-state index contributed by atoms with van der Waals surface area (Å²) in [6.45, 7) is 0.657. The van der Waals surface area contributed by atoms with Gasteiger partial charge in [-0.3, -0.25) is 4.79 Å². The second-order valence-corrected chi connectivity index (χ2v) is 5.16. The van der Waals surface area contributed by atoms with Gasteiger partial charge in [-0.15, -0.1) is 0 Å². The van der Waals surface area contributed by atoms with Crippen LogP contribution in [-0.4, -0.2) is 40.7 Å². The van der Waals surface area contributed by atoms with Crippen LogP contribution >= 0.6 is 0 Å². The summed E-state index contributed by atoms with van der Waals surface area (Å²) in [7, 11) is 0. The van der Waals surface area contributed by atoms with E-state index in [2.05, 4.69) is 0 Å². The van der Waals surface area contributed by atoms with Crippen LogP contribution in [0.1, 0.15) is 24.8 Å². The van der Waals surface area contributed by atoms with Gasteiger partial charge in [0.1, 0.15) is 12.6 Å². The zero-order chi connectivity index (χ0) is 15.2. The highest BCUT2D eigenvalue weighted by atomic mass is 16.6. The third-order valence-corrected chi connectivity index (χ3v) is 3.69. The van der Waals surface area contributed by atoms with E-state index in [-0.39, 0.29) is 6.61 Å². The van der Waals surface area contributed by atoms with E-state index in [0.29, 0.717) is 13.0 Å². The fourth-order valence-corrected chi connectivity index (χ4v) is 2.52. The molecule has 0 radical (unpaired) electrons. The highest BCUT2D eigenvalue weighted by Crippen LogP contribution is 2.20. The largest absolute Gasteiger partial charge is 0.480 e. The second kappa shape index (κ2) is 7.08. The van der Waals surface area contributed by atoms with Gasteiger partial charge in [0.2, 0.25) is 0 Å². The molecule has 1 aromatic carbocycles. The third kappa shape index (κ3) is 3.95. The fourth-order valence-electron chi connectivity index (χ4n) is 2.52. The molecule has 1 fully saturated rings. The Morgan fingerprint density at radius 3 is 2.71 bits per heavy atom. The summed E-state index contributed by atoms with van der Waals surface area (Å²) in [5.74, 6) is -1.09. The van der Waals surface area contributed by atoms with Gasteiger partial charge in [-0.1, -0.05) is 30.3 Å². The number of ether oxygens (including phenoxy) is 1. The molecule has 2 atom stereocenters. The number of rotatable bonds is 4. The molecule has 2 rings (SSSR count). The van der Waals surface area contributed by atoms with Crippen molar-refractivity contribution in [1.29, 1.82) is 0 Å². The Bertz CT molecular complexity index is 492. The maximum absolute atomic E-state index is 12.2. The van der Waals surface area contributed by atoms with E-state index in [9.17, 15) is 9.59 Å². The number of carboxylic acid groups (broad SMARTS) is 1. The molecule has 0 unspecified atom stereocenters. The maximum atomic E-state index is 12.2. The number of amides is 1. The monoisotopic (exact) mass is 292 g/mol. The SMILES string of the molecule is N[C@@H](C(=O)O)[C@@H]1CCCCN1C(=O)OCc1ccccc1. The van der Waals surface area contributed by atoms with Gasteiger partial charge in [0.15, 0.2) is 0 Å². The average Bonchev–Trinajstić information content (AvgIpc) is 2.52. The Morgan fingerprint density at radius 1 is 1.33 bits per heavy atom. The minimum atomic E-state index is -1.09. The van der Waals surface area contributed by atoms with E-state index < -0.39 is 24.1 Å². The molecule has 0 saturated carbocycles. The number of aliphatic carboxylic acids is 1. The highest BCUT2D eigenvalue weighted by molar-refractivity contribution is 5.76. The summed E-state index contributed by atoms with van der Waals surface area (Å²) >= 11 is 0. The molecule has 0 aromatic heterocycles. The van der Waals surface area contributed by atoms with Crippen LogP contribution in [0.5, 0.6) is 0 Å². The predicted octanol–water partition coefficient (Wildman–Crippen LogP) is 1.59. The molecule has 0 aliphatic carbocycles. The van der Waals surface area contributed by atoms with Crippen LogP contribution < -0.4 is 5.73 Å². The summed E-state index contributed by atoms with van der Waals surface area (Å²) in [4.78, 5) is 24.7. The molecule has 3 N–H and O–H groups in total. The van der Waals surface area contributed by atoms with E-state index >= 15 is 0 Å². The van der Waals surface area contributed by atoms with Gasteiger partial charge in [-0.25, -0.2) is 4.79 Å². The van der Waals surface area contributed by atoms with Crippen LogP contribution in [0.2, 0.25) is 0 Å². The number of hydrogen-bond donors (Lipinski definition) is 2. The second-order valence-electron chi connectivity index (χ2n) is 5.16. The van der Waals surface area contributed by atoms with Crippen molar-refractivity contribution in [1.82, 2.24) is 4.90 Å². The standard InChI is InChI=1S/C15H20N2O4/c16-13(14(18)19)12-8-4-5-9-17(12)15(20)21-10-11-6-2-1-3-7-11/h1-3,6-7,12-13H,4-5,8-10,16H2,(H,18,19)/t12-,13+/m0/s1. The molecule has 114 valence electrons. The first kappa shape index (κ1) is 15.3. The number of nitrogens with zero attached hydrogens (tertiary/aromatic N) is 1. The summed E-state index contributed by atoms with van der Waals surface area (Å²) in [6.07, 6.45) is 1.80. The van der Waals surface area contributed by atoms with Gasteiger partial charge < -0.3 is 20.5 Å². The fraction of sp³-hybridized carbons (Fsp3) is 0.467. The Balaban J connectivity index is 1.97. The topological polar surface area (TPSA) is 92.9 Å². The van der Waals surface area contributed by atoms with E-state index in [0.717, 1.165) is 18.4 Å². The number of carbonyl (C=O) groups excluding carboxylic acids is 1. The number of benzene rings is 1. The molecule has 1 amide bonds. The summed E-state index contributed by atoms with van der Waals surface area (Å²) in [6, 6.07) is 7.78. The Kier molecular flexibility index (Phi) is 5.16. The van der Waals surface area contributed by atoms with Gasteiger partial charge >= 0.3 is 12.1 Å². The lowest BCUT2D eigenvalue weighted by atomic mass is 9.96. The number of hydrogen-bond acceptors (Lipinski definition) is 4. The van der Waals surface area contributed by atoms with Gasteiger partial charge in [-0.05, 0) is 24.8 Å². The normalized spacial score (nSPS) is 19.9. The molecule has 1 heterocycles. The molecular weight excluding hydrogens is 272 g/mol. The highest BCUT2D eigenvalue weighted by Gasteiger charge is 2.35. The first-order chi connectivity index (χ1) is 10.1. The molecule has 1 aromatic rings. The average molecular weight is 292 g/mol. The predicted molar refractivity (Wildman–Crippen MR) is 76.6 cm³/mol. The molecule has 0 bridgehead atoms. The lowest BCUT2D eigenvalue weighted by Gasteiger charge is -2.36. The number of carbonyl (C=O) groups is 2. The van der Waals surface area contributed by atoms with E-state index in [1.807, 2.05) is 30.3 Å². The van der Waals surface area contributed by atoms with Crippen LogP contribution in [-0.2, 0) is 16.1 Å². The molecule has 0 spiro atoms. The van der Waals surface area contributed by atoms with Crippen LogP contribution in [0.3, 0.4) is 0 Å². The Hall–Kier alpha value is -2.08. The van der Waals surface area contributed by atoms with Gasteiger partial charge in [0.05, 0.1) is 6.04 Å². The molecule has 6 heteroatoms. The Morgan fingerprint density at radius 2 is 2.05 bits per heavy atom. The summed E-state index contributed by atoms with van der Waals surface area (Å²) in [5.41, 5.74) is 6.57. The van der Waals surface area contributed by atoms with Crippen molar-refractivity contribution < 1.29 is 19.4 Å². The van der Waals surface area contributed by atoms with Crippen molar-refractivity contribution >= 4 is 12.1 Å². The van der Waals surface area contributed by atoms with Gasteiger partial charge in [-0.2, -0.15) is 0 Å². The van der Waals surface area contributed by atoms with Crippen molar-refractivity contribution in [3.8, 4) is 0 Å². The van der Waals surface area contributed by atoms with Crippen LogP contribution in [0.15, 0.2) is 30.3 Å². The molecular formula is C15H20N2O4. The first-order valence-electron chi connectivity index (χ1n) is 7.05. The van der Waals surface area contributed by atoms with Crippen molar-refractivity contribution in [3.05, 3.63) is 35.9 Å². The maximum Gasteiger partial charge on any atom is 0.410 e. The molecule has 1 aliphatic heterocycles. The minimum absolute atomic E-state index is 0.172. The lowest BCUT2D eigenvalue weighted by Crippen LogP contribution is -2.55. The van der Waals surface area contributed by atoms with Crippen LogP contribution in [0.25, 0.3) is 0 Å². The smallest absolute Gasteiger partial charge is 0.410 e. The first-order valence-corrected chi connectivity index (χ1v) is 7.05. The van der Waals surface area contributed by atoms with Crippen LogP contribution in [0.4, 0.5) is 4.79 Å². The molecule has 1 saturated heterocycles. The molecule has 1 aliphatic rings.